The Labute approximate surface area is 221 Å². The van der Waals surface area contributed by atoms with Gasteiger partial charge in [0, 0.05) is 11.4 Å². The molecule has 4 atom stereocenters. The molecule has 4 unspecified atom stereocenters. The third-order valence-electron chi connectivity index (χ3n) is 6.11. The lowest BCUT2D eigenvalue weighted by Gasteiger charge is -2.18. The van der Waals surface area contributed by atoms with Gasteiger partial charge in [-0.25, -0.2) is 9.59 Å². The van der Waals surface area contributed by atoms with Crippen molar-refractivity contribution in [2.45, 2.75) is 30.5 Å². The van der Waals surface area contributed by atoms with Crippen LogP contribution in [-0.2, 0) is 20.4 Å². The highest BCUT2D eigenvalue weighted by Gasteiger charge is 2.50. The van der Waals surface area contributed by atoms with Crippen LogP contribution in [0.2, 0.25) is 0 Å². The quantitative estimate of drug-likeness (QED) is 0.384. The van der Waals surface area contributed by atoms with Gasteiger partial charge >= 0.3 is 18.3 Å². The van der Waals surface area contributed by atoms with Crippen LogP contribution in [0.4, 0.5) is 34.1 Å². The number of benzene rings is 3. The Morgan fingerprint density at radius 2 is 1.51 bits per heavy atom. The van der Waals surface area contributed by atoms with Gasteiger partial charge in [-0.3, -0.25) is 5.32 Å². The fraction of sp³-hybridized carbons (Fsp3) is 0.259. The van der Waals surface area contributed by atoms with Gasteiger partial charge in [-0.05, 0) is 54.6 Å². The number of anilines is 2. The van der Waals surface area contributed by atoms with Crippen LogP contribution in [0.5, 0.6) is 11.5 Å². The summed E-state index contributed by atoms with van der Waals surface area (Å²) < 4.78 is 61.2. The van der Waals surface area contributed by atoms with Crippen LogP contribution < -0.4 is 20.7 Å². The van der Waals surface area contributed by atoms with Crippen molar-refractivity contribution in [2.24, 2.45) is 0 Å². The minimum Gasteiger partial charge on any atom is -0.457 e. The van der Waals surface area contributed by atoms with Crippen LogP contribution in [-0.4, -0.2) is 49.7 Å². The van der Waals surface area contributed by atoms with E-state index in [9.17, 15) is 22.8 Å². The van der Waals surface area contributed by atoms with Crippen LogP contribution in [0.3, 0.4) is 0 Å². The number of para-hydroxylation sites is 1. The summed E-state index contributed by atoms with van der Waals surface area (Å²) in [5.41, 5.74) is -0.413. The van der Waals surface area contributed by atoms with Crippen molar-refractivity contribution >= 4 is 23.5 Å². The predicted molar refractivity (Wildman–Crippen MR) is 134 cm³/mol. The van der Waals surface area contributed by atoms with Crippen molar-refractivity contribution in [3.05, 3.63) is 84.4 Å². The first-order chi connectivity index (χ1) is 18.7. The molecule has 3 N–H and O–H groups in total. The second-order valence-electron chi connectivity index (χ2n) is 8.89. The molecule has 0 bridgehead atoms. The maximum Gasteiger partial charge on any atom is 0.416 e. The maximum absolute atomic E-state index is 12.9. The first kappa shape index (κ1) is 26.3. The molecule has 2 fully saturated rings. The summed E-state index contributed by atoms with van der Waals surface area (Å²) in [4.78, 5) is 24.8. The number of halogens is 3. The Balaban J connectivity index is 1.09. The third kappa shape index (κ3) is 6.59. The number of ether oxygens (including phenoxy) is 4. The van der Waals surface area contributed by atoms with Gasteiger partial charge in [0.05, 0.1) is 24.8 Å². The molecule has 39 heavy (non-hydrogen) atoms. The lowest BCUT2D eigenvalue weighted by molar-refractivity contribution is -0.137. The number of amides is 3. The number of rotatable bonds is 6. The molecule has 2 saturated heterocycles. The number of alkyl halides is 3. The number of hydrogen-bond acceptors (Lipinski definition) is 6. The van der Waals surface area contributed by atoms with E-state index in [0.717, 1.165) is 12.1 Å². The Hall–Kier alpha value is -4.29. The largest absolute Gasteiger partial charge is 0.457 e. The van der Waals surface area contributed by atoms with E-state index in [4.69, 9.17) is 18.9 Å². The lowest BCUT2D eigenvalue weighted by atomic mass is 10.1. The Bertz CT molecular complexity index is 1310. The highest BCUT2D eigenvalue weighted by molar-refractivity contribution is 5.89. The topological polar surface area (TPSA) is 107 Å². The zero-order chi connectivity index (χ0) is 27.4. The van der Waals surface area contributed by atoms with Crippen LogP contribution >= 0.6 is 0 Å². The highest BCUT2D eigenvalue weighted by Crippen LogP contribution is 2.32. The van der Waals surface area contributed by atoms with E-state index in [0.29, 0.717) is 17.2 Å². The minimum atomic E-state index is -4.54. The molecule has 0 aliphatic carbocycles. The molecule has 3 aromatic rings. The van der Waals surface area contributed by atoms with Gasteiger partial charge in [-0.1, -0.05) is 24.3 Å². The van der Waals surface area contributed by atoms with Crippen molar-refractivity contribution in [1.29, 1.82) is 0 Å². The van der Waals surface area contributed by atoms with E-state index in [1.54, 1.807) is 24.3 Å². The maximum atomic E-state index is 12.9. The van der Waals surface area contributed by atoms with E-state index < -0.39 is 48.2 Å². The molecule has 0 aromatic heterocycles. The van der Waals surface area contributed by atoms with Crippen LogP contribution in [0.25, 0.3) is 0 Å². The van der Waals surface area contributed by atoms with Gasteiger partial charge in [0.2, 0.25) is 0 Å². The summed E-state index contributed by atoms with van der Waals surface area (Å²) in [6.07, 6.45) is -7.49. The molecule has 12 heteroatoms. The first-order valence-corrected chi connectivity index (χ1v) is 12.0. The Morgan fingerprint density at radius 1 is 0.795 bits per heavy atom. The number of carbonyl (C=O) groups is 2. The molecule has 9 nitrogen and oxygen atoms in total. The monoisotopic (exact) mass is 543 g/mol. The van der Waals surface area contributed by atoms with E-state index >= 15 is 0 Å². The zero-order valence-corrected chi connectivity index (χ0v) is 20.3. The average Bonchev–Trinajstić information content (AvgIpc) is 3.48. The highest BCUT2D eigenvalue weighted by atomic mass is 19.4. The van der Waals surface area contributed by atoms with E-state index in [1.165, 1.54) is 12.1 Å². The molecule has 3 amide bonds. The van der Waals surface area contributed by atoms with Crippen molar-refractivity contribution in [1.82, 2.24) is 5.32 Å². The molecule has 3 aromatic carbocycles. The smallest absolute Gasteiger partial charge is 0.416 e. The molecule has 204 valence electrons. The van der Waals surface area contributed by atoms with Crippen LogP contribution in [0.15, 0.2) is 78.9 Å². The summed E-state index contributed by atoms with van der Waals surface area (Å²) >= 11 is 0. The van der Waals surface area contributed by atoms with Gasteiger partial charge in [-0.15, -0.1) is 0 Å². The summed E-state index contributed by atoms with van der Waals surface area (Å²) in [5.74, 6) is 1.31. The van der Waals surface area contributed by atoms with E-state index in [-0.39, 0.29) is 18.9 Å². The third-order valence-corrected chi connectivity index (χ3v) is 6.11. The van der Waals surface area contributed by atoms with Crippen molar-refractivity contribution in [3.8, 4) is 11.5 Å². The van der Waals surface area contributed by atoms with Gasteiger partial charge in [-0.2, -0.15) is 13.2 Å². The molecular formula is C27H24F3N3O6. The summed E-state index contributed by atoms with van der Waals surface area (Å²) in [6, 6.07) is 19.4. The van der Waals surface area contributed by atoms with E-state index in [2.05, 4.69) is 16.0 Å². The number of fused-ring (bicyclic) bond motifs is 1. The van der Waals surface area contributed by atoms with Gasteiger partial charge < -0.3 is 29.6 Å². The summed E-state index contributed by atoms with van der Waals surface area (Å²) in [7, 11) is 0. The Morgan fingerprint density at radius 3 is 2.26 bits per heavy atom. The van der Waals surface area contributed by atoms with Crippen LogP contribution in [0, 0.1) is 0 Å². The fourth-order valence-corrected chi connectivity index (χ4v) is 4.31. The summed E-state index contributed by atoms with van der Waals surface area (Å²) in [6.45, 7) is 0.135. The average molecular weight is 543 g/mol. The number of nitrogens with one attached hydrogen (secondary N) is 3. The number of hydrogen-bond donors (Lipinski definition) is 3. The van der Waals surface area contributed by atoms with Gasteiger partial charge in [0.1, 0.15) is 23.7 Å². The lowest BCUT2D eigenvalue weighted by Crippen LogP contribution is -2.46. The minimum absolute atomic E-state index is 0.00796. The molecule has 0 spiro atoms. The second kappa shape index (κ2) is 11.2. The SMILES string of the molecule is O=C(Nc1ccc(Oc2ccccc2)cc1)NC1COC2C(OC(=O)Nc3cccc(C(F)(F)F)c3)COC12. The van der Waals surface area contributed by atoms with Gasteiger partial charge in [0.25, 0.3) is 0 Å². The van der Waals surface area contributed by atoms with Gasteiger partial charge in [0.15, 0.2) is 6.10 Å². The predicted octanol–water partition coefficient (Wildman–Crippen LogP) is 5.40. The van der Waals surface area contributed by atoms with Crippen molar-refractivity contribution in [3.63, 3.8) is 0 Å². The molecule has 2 aliphatic rings. The van der Waals surface area contributed by atoms with Crippen LogP contribution in [0.1, 0.15) is 5.56 Å². The normalized spacial score (nSPS) is 22.0. The molecule has 0 radical (unpaired) electrons. The molecular weight excluding hydrogens is 519 g/mol. The molecule has 2 aliphatic heterocycles. The molecule has 0 saturated carbocycles. The number of urea groups is 1. The van der Waals surface area contributed by atoms with E-state index in [1.807, 2.05) is 30.3 Å². The van der Waals surface area contributed by atoms with Crippen molar-refractivity contribution in [2.75, 3.05) is 23.8 Å². The second-order valence-corrected chi connectivity index (χ2v) is 8.89. The standard InChI is InChI=1S/C27H24F3N3O6/c28-27(29,30)16-5-4-6-18(13-16)32-26(35)39-22-15-37-23-21(14-36-24(22)23)33-25(34)31-17-9-11-20(12-10-17)38-19-7-2-1-3-8-19/h1-13,21-24H,14-15H2,(H,32,35)(H2,31,33,34). The molecule has 5 rings (SSSR count). The summed E-state index contributed by atoms with van der Waals surface area (Å²) in [5, 5.41) is 7.82. The fourth-order valence-electron chi connectivity index (χ4n) is 4.31. The first-order valence-electron chi connectivity index (χ1n) is 12.0. The molecule has 2 heterocycles. The Kier molecular flexibility index (Phi) is 7.57. The van der Waals surface area contributed by atoms with Crippen molar-refractivity contribution < 1.29 is 41.7 Å². The zero-order valence-electron chi connectivity index (χ0n) is 20.3. The number of carbonyl (C=O) groups excluding carboxylic acids is 2.